The molecule has 0 saturated carbocycles. The van der Waals surface area contributed by atoms with Crippen molar-refractivity contribution in [2.75, 3.05) is 19.3 Å². The van der Waals surface area contributed by atoms with Crippen LogP contribution in [0.4, 0.5) is 5.82 Å². The van der Waals surface area contributed by atoms with Crippen LogP contribution >= 0.6 is 0 Å². The minimum Gasteiger partial charge on any atom is -0.384 e. The summed E-state index contributed by atoms with van der Waals surface area (Å²) in [7, 11) is -1.87. The van der Waals surface area contributed by atoms with E-state index in [1.54, 1.807) is 7.05 Å². The zero-order valence-electron chi connectivity index (χ0n) is 10.4. The Morgan fingerprint density at radius 2 is 2.12 bits per heavy atom. The highest BCUT2D eigenvalue weighted by molar-refractivity contribution is 7.89. The van der Waals surface area contributed by atoms with Gasteiger partial charge in [-0.25, -0.2) is 17.7 Å². The fourth-order valence-electron chi connectivity index (χ4n) is 1.33. The molecule has 2 N–H and O–H groups in total. The summed E-state index contributed by atoms with van der Waals surface area (Å²) in [4.78, 5) is 3.97. The van der Waals surface area contributed by atoms with Gasteiger partial charge in [-0.3, -0.25) is 0 Å². The molecule has 1 aromatic heterocycles. The van der Waals surface area contributed by atoms with Gasteiger partial charge in [-0.15, -0.1) is 0 Å². The maximum absolute atomic E-state index is 12.1. The summed E-state index contributed by atoms with van der Waals surface area (Å²) in [5.74, 6) is 0.679. The molecule has 0 aliphatic heterocycles. The molecular weight excluding hydrogens is 238 g/mol. The summed E-state index contributed by atoms with van der Waals surface area (Å²) in [6.07, 6.45) is 2.23. The quantitative estimate of drug-likeness (QED) is 0.863. The molecular formula is C11H19N3O2S. The molecule has 0 bridgehead atoms. The van der Waals surface area contributed by atoms with Crippen LogP contribution in [0.15, 0.2) is 23.2 Å². The SMILES string of the molecule is CC(C)CCN(C)S(=O)(=O)c1ccnc(N)c1. The molecule has 0 fully saturated rings. The molecule has 0 aromatic carbocycles. The van der Waals surface area contributed by atoms with Crippen LogP contribution in [0.1, 0.15) is 20.3 Å². The zero-order valence-corrected chi connectivity index (χ0v) is 11.2. The average Bonchev–Trinajstić information content (AvgIpc) is 2.25. The highest BCUT2D eigenvalue weighted by atomic mass is 32.2. The lowest BCUT2D eigenvalue weighted by Gasteiger charge is -2.18. The Balaban J connectivity index is 2.88. The Morgan fingerprint density at radius 3 is 2.65 bits per heavy atom. The highest BCUT2D eigenvalue weighted by Crippen LogP contribution is 2.16. The summed E-state index contributed by atoms with van der Waals surface area (Å²) >= 11 is 0. The van der Waals surface area contributed by atoms with Crippen molar-refractivity contribution in [2.24, 2.45) is 5.92 Å². The zero-order chi connectivity index (χ0) is 13.1. The van der Waals surface area contributed by atoms with E-state index >= 15 is 0 Å². The molecule has 0 radical (unpaired) electrons. The number of rotatable bonds is 5. The summed E-state index contributed by atoms with van der Waals surface area (Å²) in [6, 6.07) is 2.83. The van der Waals surface area contributed by atoms with E-state index in [1.165, 1.54) is 22.6 Å². The van der Waals surface area contributed by atoms with E-state index < -0.39 is 10.0 Å². The molecule has 0 spiro atoms. The van der Waals surface area contributed by atoms with Crippen molar-refractivity contribution < 1.29 is 8.42 Å². The third kappa shape index (κ3) is 3.67. The van der Waals surface area contributed by atoms with Gasteiger partial charge in [0, 0.05) is 25.9 Å². The smallest absolute Gasteiger partial charge is 0.243 e. The largest absolute Gasteiger partial charge is 0.384 e. The Kier molecular flexibility index (Phi) is 4.47. The normalized spacial score (nSPS) is 12.3. The van der Waals surface area contributed by atoms with Crippen LogP contribution in [-0.2, 0) is 10.0 Å². The van der Waals surface area contributed by atoms with Gasteiger partial charge in [0.1, 0.15) is 5.82 Å². The second-order valence-corrected chi connectivity index (χ2v) is 6.47. The summed E-state index contributed by atoms with van der Waals surface area (Å²) in [5, 5.41) is 0. The van der Waals surface area contributed by atoms with Crippen LogP contribution in [0.2, 0.25) is 0 Å². The molecule has 0 atom stereocenters. The topological polar surface area (TPSA) is 76.3 Å². The second-order valence-electron chi connectivity index (χ2n) is 4.43. The summed E-state index contributed by atoms with van der Waals surface area (Å²) in [5.41, 5.74) is 5.48. The van der Waals surface area contributed by atoms with E-state index in [4.69, 9.17) is 5.73 Å². The number of sulfonamides is 1. The van der Waals surface area contributed by atoms with Gasteiger partial charge in [-0.1, -0.05) is 13.8 Å². The fraction of sp³-hybridized carbons (Fsp3) is 0.545. The minimum atomic E-state index is -3.44. The number of nitrogens with zero attached hydrogens (tertiary/aromatic N) is 2. The lowest BCUT2D eigenvalue weighted by molar-refractivity contribution is 0.428. The molecule has 0 unspecified atom stereocenters. The number of nitrogen functional groups attached to an aromatic ring is 1. The van der Waals surface area contributed by atoms with Crippen molar-refractivity contribution in [2.45, 2.75) is 25.2 Å². The maximum Gasteiger partial charge on any atom is 0.243 e. The predicted octanol–water partition coefficient (Wildman–Crippen LogP) is 1.33. The third-order valence-corrected chi connectivity index (χ3v) is 4.33. The lowest BCUT2D eigenvalue weighted by atomic mass is 10.1. The van der Waals surface area contributed by atoms with E-state index in [9.17, 15) is 8.42 Å². The van der Waals surface area contributed by atoms with Gasteiger partial charge < -0.3 is 5.73 Å². The highest BCUT2D eigenvalue weighted by Gasteiger charge is 2.20. The van der Waals surface area contributed by atoms with E-state index in [0.29, 0.717) is 12.5 Å². The molecule has 17 heavy (non-hydrogen) atoms. The van der Waals surface area contributed by atoms with Crippen LogP contribution in [-0.4, -0.2) is 31.3 Å². The van der Waals surface area contributed by atoms with Gasteiger partial charge >= 0.3 is 0 Å². The minimum absolute atomic E-state index is 0.191. The van der Waals surface area contributed by atoms with E-state index in [-0.39, 0.29) is 10.7 Å². The van der Waals surface area contributed by atoms with E-state index in [1.807, 2.05) is 0 Å². The van der Waals surface area contributed by atoms with Gasteiger partial charge in [0.25, 0.3) is 0 Å². The second kappa shape index (κ2) is 5.46. The Bertz CT molecular complexity index is 471. The molecule has 1 aromatic rings. The van der Waals surface area contributed by atoms with Gasteiger partial charge in [-0.2, -0.15) is 0 Å². The molecule has 0 aliphatic rings. The van der Waals surface area contributed by atoms with Crippen molar-refractivity contribution in [3.63, 3.8) is 0 Å². The monoisotopic (exact) mass is 257 g/mol. The molecule has 1 rings (SSSR count). The Hall–Kier alpha value is -1.14. The first-order chi connectivity index (χ1) is 7.84. The first-order valence-corrected chi connectivity index (χ1v) is 6.96. The van der Waals surface area contributed by atoms with E-state index in [0.717, 1.165) is 6.42 Å². The van der Waals surface area contributed by atoms with Gasteiger partial charge in [0.05, 0.1) is 4.90 Å². The van der Waals surface area contributed by atoms with Gasteiger partial charge in [0.2, 0.25) is 10.0 Å². The first kappa shape index (κ1) is 13.9. The Labute approximate surface area is 103 Å². The molecule has 0 aliphatic carbocycles. The number of hydrogen-bond acceptors (Lipinski definition) is 4. The van der Waals surface area contributed by atoms with Crippen LogP contribution in [0.3, 0.4) is 0 Å². The van der Waals surface area contributed by atoms with Crippen molar-refractivity contribution in [3.05, 3.63) is 18.3 Å². The lowest BCUT2D eigenvalue weighted by Crippen LogP contribution is -2.28. The summed E-state index contributed by atoms with van der Waals surface area (Å²) in [6.45, 7) is 4.62. The van der Waals surface area contributed by atoms with Crippen molar-refractivity contribution in [1.29, 1.82) is 0 Å². The molecule has 5 nitrogen and oxygen atoms in total. The maximum atomic E-state index is 12.1. The number of nitrogens with two attached hydrogens (primary N) is 1. The molecule has 96 valence electrons. The fourth-order valence-corrected chi connectivity index (χ4v) is 2.54. The molecule has 1 heterocycles. The van der Waals surface area contributed by atoms with Crippen LogP contribution in [0.5, 0.6) is 0 Å². The van der Waals surface area contributed by atoms with Gasteiger partial charge in [-0.05, 0) is 18.4 Å². The van der Waals surface area contributed by atoms with Crippen molar-refractivity contribution in [3.8, 4) is 0 Å². The number of hydrogen-bond donors (Lipinski definition) is 1. The first-order valence-electron chi connectivity index (χ1n) is 5.52. The summed E-state index contributed by atoms with van der Waals surface area (Å²) < 4.78 is 25.6. The third-order valence-electron chi connectivity index (χ3n) is 2.48. The van der Waals surface area contributed by atoms with Crippen molar-refractivity contribution >= 4 is 15.8 Å². The number of aromatic nitrogens is 1. The molecule has 0 saturated heterocycles. The predicted molar refractivity (Wildman–Crippen MR) is 67.9 cm³/mol. The van der Waals surface area contributed by atoms with Crippen LogP contribution < -0.4 is 5.73 Å². The average molecular weight is 257 g/mol. The Morgan fingerprint density at radius 1 is 1.47 bits per heavy atom. The number of anilines is 1. The molecule has 0 amide bonds. The van der Waals surface area contributed by atoms with Gasteiger partial charge in [0.15, 0.2) is 0 Å². The van der Waals surface area contributed by atoms with Crippen LogP contribution in [0, 0.1) is 5.92 Å². The van der Waals surface area contributed by atoms with E-state index in [2.05, 4.69) is 18.8 Å². The standard InChI is InChI=1S/C11H19N3O2S/c1-9(2)5-7-14(3)17(15,16)10-4-6-13-11(12)8-10/h4,6,8-9H,5,7H2,1-3H3,(H2,12,13). The van der Waals surface area contributed by atoms with Crippen LogP contribution in [0.25, 0.3) is 0 Å². The molecule has 6 heteroatoms. The van der Waals surface area contributed by atoms with Crippen molar-refractivity contribution in [1.82, 2.24) is 9.29 Å². The number of pyridine rings is 1.